The van der Waals surface area contributed by atoms with E-state index in [1.165, 1.54) is 12.1 Å². The molecule has 176 valence electrons. The zero-order valence-electron chi connectivity index (χ0n) is 18.7. The normalized spacial score (nSPS) is 16.1. The van der Waals surface area contributed by atoms with Gasteiger partial charge in [0.1, 0.15) is 17.6 Å². The van der Waals surface area contributed by atoms with Crippen molar-refractivity contribution in [2.45, 2.75) is 31.5 Å². The van der Waals surface area contributed by atoms with Gasteiger partial charge in [-0.2, -0.15) is 0 Å². The van der Waals surface area contributed by atoms with Crippen LogP contribution in [-0.4, -0.2) is 61.5 Å². The van der Waals surface area contributed by atoms with Crippen LogP contribution >= 0.6 is 0 Å². The number of hydrogen-bond donors (Lipinski definition) is 2. The SMILES string of the molecule is COc1ccc2[nH]c(=O)c(C(c3nnnn3Cc3ccc(F)cc3)N3CCC(O)CC3)cc2c1. The van der Waals surface area contributed by atoms with Gasteiger partial charge in [0.15, 0.2) is 5.82 Å². The lowest BCUT2D eigenvalue weighted by atomic mass is 9.99. The molecule has 0 radical (unpaired) electrons. The summed E-state index contributed by atoms with van der Waals surface area (Å²) in [6.07, 6.45) is 0.816. The van der Waals surface area contributed by atoms with Gasteiger partial charge in [-0.3, -0.25) is 9.69 Å². The molecular formula is C24H25FN6O3. The van der Waals surface area contributed by atoms with Crippen molar-refractivity contribution in [2.24, 2.45) is 0 Å². The average molecular weight is 465 g/mol. The van der Waals surface area contributed by atoms with E-state index in [4.69, 9.17) is 4.74 Å². The van der Waals surface area contributed by atoms with E-state index in [1.807, 2.05) is 18.2 Å². The molecule has 5 rings (SSSR count). The van der Waals surface area contributed by atoms with Gasteiger partial charge in [0, 0.05) is 29.6 Å². The maximum Gasteiger partial charge on any atom is 0.253 e. The van der Waals surface area contributed by atoms with Crippen LogP contribution in [-0.2, 0) is 6.54 Å². The van der Waals surface area contributed by atoms with Crippen LogP contribution < -0.4 is 10.3 Å². The Labute approximate surface area is 194 Å². The van der Waals surface area contributed by atoms with Gasteiger partial charge in [0.05, 0.1) is 19.8 Å². The molecule has 2 aromatic carbocycles. The molecule has 0 bridgehead atoms. The van der Waals surface area contributed by atoms with Gasteiger partial charge >= 0.3 is 0 Å². The highest BCUT2D eigenvalue weighted by Gasteiger charge is 2.32. The van der Waals surface area contributed by atoms with Gasteiger partial charge in [-0.1, -0.05) is 12.1 Å². The van der Waals surface area contributed by atoms with Gasteiger partial charge in [0.2, 0.25) is 0 Å². The first kappa shape index (κ1) is 22.2. The van der Waals surface area contributed by atoms with Gasteiger partial charge in [-0.15, -0.1) is 5.10 Å². The van der Waals surface area contributed by atoms with E-state index < -0.39 is 6.04 Å². The van der Waals surface area contributed by atoms with Crippen molar-refractivity contribution in [1.29, 1.82) is 0 Å². The number of nitrogens with zero attached hydrogens (tertiary/aromatic N) is 5. The average Bonchev–Trinajstić information content (AvgIpc) is 3.29. The number of aliphatic hydroxyl groups is 1. The summed E-state index contributed by atoms with van der Waals surface area (Å²) in [5.74, 6) is 0.876. The first-order chi connectivity index (χ1) is 16.5. The van der Waals surface area contributed by atoms with Crippen molar-refractivity contribution in [2.75, 3.05) is 20.2 Å². The number of tetrazole rings is 1. The molecule has 4 aromatic rings. The topological polar surface area (TPSA) is 109 Å². The quantitative estimate of drug-likeness (QED) is 0.451. The molecule has 34 heavy (non-hydrogen) atoms. The molecule has 2 N–H and O–H groups in total. The number of nitrogens with one attached hydrogen (secondary N) is 1. The summed E-state index contributed by atoms with van der Waals surface area (Å²) in [6.45, 7) is 1.50. The third kappa shape index (κ3) is 4.42. The fourth-order valence-corrected chi connectivity index (χ4v) is 4.46. The van der Waals surface area contributed by atoms with E-state index in [1.54, 1.807) is 30.0 Å². The van der Waals surface area contributed by atoms with Gasteiger partial charge in [-0.05, 0) is 65.2 Å². The number of methoxy groups -OCH3 is 1. The number of pyridine rings is 1. The molecule has 1 aliphatic heterocycles. The lowest BCUT2D eigenvalue weighted by Crippen LogP contribution is -2.41. The van der Waals surface area contributed by atoms with Crippen molar-refractivity contribution in [1.82, 2.24) is 30.1 Å². The molecule has 0 aliphatic carbocycles. The number of aromatic amines is 1. The van der Waals surface area contributed by atoms with Crippen LogP contribution in [0.2, 0.25) is 0 Å². The zero-order valence-corrected chi connectivity index (χ0v) is 18.7. The Kier molecular flexibility index (Phi) is 6.08. The summed E-state index contributed by atoms with van der Waals surface area (Å²) in [7, 11) is 1.60. The molecule has 1 unspecified atom stereocenters. The number of hydrogen-bond acceptors (Lipinski definition) is 7. The number of H-pyrrole nitrogens is 1. The first-order valence-corrected chi connectivity index (χ1v) is 11.2. The minimum atomic E-state index is -0.526. The minimum Gasteiger partial charge on any atom is -0.497 e. The lowest BCUT2D eigenvalue weighted by Gasteiger charge is -2.35. The third-order valence-electron chi connectivity index (χ3n) is 6.29. The monoisotopic (exact) mass is 464 g/mol. The Balaban J connectivity index is 1.60. The molecule has 0 saturated carbocycles. The highest BCUT2D eigenvalue weighted by molar-refractivity contribution is 5.80. The molecule has 1 atom stereocenters. The molecule has 2 aromatic heterocycles. The summed E-state index contributed by atoms with van der Waals surface area (Å²) < 4.78 is 20.4. The van der Waals surface area contributed by atoms with E-state index in [0.29, 0.717) is 55.1 Å². The number of benzene rings is 2. The third-order valence-corrected chi connectivity index (χ3v) is 6.29. The summed E-state index contributed by atoms with van der Waals surface area (Å²) in [5, 5.41) is 23.2. The number of aliphatic hydroxyl groups excluding tert-OH is 1. The number of aromatic nitrogens is 5. The predicted molar refractivity (Wildman–Crippen MR) is 123 cm³/mol. The van der Waals surface area contributed by atoms with E-state index in [2.05, 4.69) is 25.4 Å². The Hall–Kier alpha value is -3.63. The largest absolute Gasteiger partial charge is 0.497 e. The zero-order chi connectivity index (χ0) is 23.7. The fraction of sp³-hybridized carbons (Fsp3) is 0.333. The van der Waals surface area contributed by atoms with Crippen LogP contribution in [0.25, 0.3) is 10.9 Å². The van der Waals surface area contributed by atoms with Crippen LogP contribution in [0.1, 0.15) is 35.8 Å². The standard InChI is InChI=1S/C24H25FN6O3/c1-34-19-6-7-21-16(12-19)13-20(24(33)26-21)22(30-10-8-18(32)9-11-30)23-27-28-29-31(23)14-15-2-4-17(25)5-3-15/h2-7,12-13,18,22,32H,8-11,14H2,1H3,(H,26,33). The number of piperidine rings is 1. The molecule has 3 heterocycles. The fourth-order valence-electron chi connectivity index (χ4n) is 4.46. The van der Waals surface area contributed by atoms with Crippen LogP contribution in [0.3, 0.4) is 0 Å². The Morgan fingerprint density at radius 2 is 1.94 bits per heavy atom. The molecule has 0 spiro atoms. The van der Waals surface area contributed by atoms with Gasteiger partial charge in [-0.25, -0.2) is 9.07 Å². The smallest absolute Gasteiger partial charge is 0.253 e. The lowest BCUT2D eigenvalue weighted by molar-refractivity contribution is 0.0659. The number of likely N-dealkylation sites (tertiary alicyclic amines) is 1. The van der Waals surface area contributed by atoms with Crippen molar-refractivity contribution in [3.8, 4) is 5.75 Å². The summed E-state index contributed by atoms with van der Waals surface area (Å²) >= 11 is 0. The summed E-state index contributed by atoms with van der Waals surface area (Å²) in [5.41, 5.74) is 1.81. The number of ether oxygens (including phenoxy) is 1. The number of fused-ring (bicyclic) bond motifs is 1. The van der Waals surface area contributed by atoms with E-state index in [-0.39, 0.29) is 17.5 Å². The Morgan fingerprint density at radius 1 is 1.18 bits per heavy atom. The van der Waals surface area contributed by atoms with Crippen LogP contribution in [0, 0.1) is 5.82 Å². The molecule has 1 fully saturated rings. The molecule has 1 saturated heterocycles. The second-order valence-corrected chi connectivity index (χ2v) is 8.50. The van der Waals surface area contributed by atoms with Crippen molar-refractivity contribution < 1.29 is 14.2 Å². The molecule has 9 nitrogen and oxygen atoms in total. The molecule has 1 aliphatic rings. The van der Waals surface area contributed by atoms with E-state index in [0.717, 1.165) is 10.9 Å². The Bertz CT molecular complexity index is 1350. The van der Waals surface area contributed by atoms with Crippen molar-refractivity contribution in [3.63, 3.8) is 0 Å². The second kappa shape index (κ2) is 9.32. The number of rotatable bonds is 6. The van der Waals surface area contributed by atoms with E-state index in [9.17, 15) is 14.3 Å². The highest BCUT2D eigenvalue weighted by atomic mass is 19.1. The van der Waals surface area contributed by atoms with Crippen LogP contribution in [0.5, 0.6) is 5.75 Å². The van der Waals surface area contributed by atoms with Crippen LogP contribution in [0.4, 0.5) is 4.39 Å². The molecular weight excluding hydrogens is 439 g/mol. The summed E-state index contributed by atoms with van der Waals surface area (Å²) in [4.78, 5) is 18.3. The Morgan fingerprint density at radius 3 is 2.68 bits per heavy atom. The maximum absolute atomic E-state index is 13.4. The molecule has 10 heteroatoms. The highest BCUT2D eigenvalue weighted by Crippen LogP contribution is 2.30. The summed E-state index contributed by atoms with van der Waals surface area (Å²) in [6, 6.07) is 13.0. The predicted octanol–water partition coefficient (Wildman–Crippen LogP) is 2.26. The maximum atomic E-state index is 13.4. The van der Waals surface area contributed by atoms with Crippen LogP contribution in [0.15, 0.2) is 53.3 Å². The molecule has 0 amide bonds. The van der Waals surface area contributed by atoms with Gasteiger partial charge < -0.3 is 14.8 Å². The number of halogens is 1. The van der Waals surface area contributed by atoms with Crippen molar-refractivity contribution in [3.05, 3.63) is 81.7 Å². The van der Waals surface area contributed by atoms with E-state index >= 15 is 0 Å². The first-order valence-electron chi connectivity index (χ1n) is 11.2. The second-order valence-electron chi connectivity index (χ2n) is 8.50. The van der Waals surface area contributed by atoms with Gasteiger partial charge in [0.25, 0.3) is 5.56 Å². The minimum absolute atomic E-state index is 0.231. The van der Waals surface area contributed by atoms with Crippen molar-refractivity contribution >= 4 is 10.9 Å².